The Morgan fingerprint density at radius 2 is 1.50 bits per heavy atom. The van der Waals surface area contributed by atoms with Crippen molar-refractivity contribution in [3.8, 4) is 0 Å². The quantitative estimate of drug-likeness (QED) is 0.799. The number of hydrogen-bond donors (Lipinski definition) is 1. The monoisotopic (exact) mass is 287 g/mol. The lowest BCUT2D eigenvalue weighted by Crippen LogP contribution is -2.36. The van der Waals surface area contributed by atoms with Crippen LogP contribution in [0.3, 0.4) is 0 Å². The summed E-state index contributed by atoms with van der Waals surface area (Å²) < 4.78 is 11.1. The maximum atomic E-state index is 11.5. The normalized spacial score (nSPS) is 13.2. The zero-order valence-electron chi connectivity index (χ0n) is 14.6. The third-order valence-corrected chi connectivity index (χ3v) is 2.74. The fourth-order valence-corrected chi connectivity index (χ4v) is 1.49. The van der Waals surface area contributed by atoms with Crippen molar-refractivity contribution in [3.63, 3.8) is 0 Å². The standard InChI is InChI=1S/C16H33NO3/c1-14(2,3)10-12-19-16(7,8)9-11-17-13(18)20-15(4,5)6/h9-12H2,1-8H3,(H,17,18). The summed E-state index contributed by atoms with van der Waals surface area (Å²) >= 11 is 0. The molecule has 0 heterocycles. The van der Waals surface area contributed by atoms with Crippen LogP contribution in [0.4, 0.5) is 4.79 Å². The van der Waals surface area contributed by atoms with Gasteiger partial charge in [-0.15, -0.1) is 0 Å². The molecule has 0 fully saturated rings. The smallest absolute Gasteiger partial charge is 0.407 e. The molecule has 0 aromatic heterocycles. The second-order valence-corrected chi connectivity index (χ2v) is 8.10. The van der Waals surface area contributed by atoms with E-state index < -0.39 is 5.60 Å². The summed E-state index contributed by atoms with van der Waals surface area (Å²) in [4.78, 5) is 11.5. The summed E-state index contributed by atoms with van der Waals surface area (Å²) in [5.41, 5.74) is -0.409. The van der Waals surface area contributed by atoms with Crippen molar-refractivity contribution in [1.29, 1.82) is 0 Å². The van der Waals surface area contributed by atoms with Crippen LogP contribution in [0.1, 0.15) is 68.2 Å². The molecule has 0 unspecified atom stereocenters. The molecule has 0 rings (SSSR count). The van der Waals surface area contributed by atoms with Gasteiger partial charge < -0.3 is 14.8 Å². The fraction of sp³-hybridized carbons (Fsp3) is 0.938. The van der Waals surface area contributed by atoms with Gasteiger partial charge in [-0.2, -0.15) is 0 Å². The summed E-state index contributed by atoms with van der Waals surface area (Å²) in [5.74, 6) is 0. The van der Waals surface area contributed by atoms with E-state index in [2.05, 4.69) is 26.1 Å². The van der Waals surface area contributed by atoms with E-state index in [1.54, 1.807) is 0 Å². The summed E-state index contributed by atoms with van der Waals surface area (Å²) in [6.07, 6.45) is 1.41. The maximum absolute atomic E-state index is 11.5. The molecular weight excluding hydrogens is 254 g/mol. The Hall–Kier alpha value is -0.770. The second kappa shape index (κ2) is 7.30. The van der Waals surface area contributed by atoms with Crippen molar-refractivity contribution in [2.24, 2.45) is 5.41 Å². The lowest BCUT2D eigenvalue weighted by atomic mass is 9.93. The lowest BCUT2D eigenvalue weighted by Gasteiger charge is -2.28. The van der Waals surface area contributed by atoms with Crippen LogP contribution in [0.25, 0.3) is 0 Å². The van der Waals surface area contributed by atoms with E-state index in [1.807, 2.05) is 34.6 Å². The van der Waals surface area contributed by atoms with Crippen molar-refractivity contribution in [2.75, 3.05) is 13.2 Å². The zero-order chi connectivity index (χ0) is 16.0. The number of hydrogen-bond acceptors (Lipinski definition) is 3. The zero-order valence-corrected chi connectivity index (χ0v) is 14.6. The van der Waals surface area contributed by atoms with Crippen LogP contribution in [0, 0.1) is 5.41 Å². The Kier molecular flexibility index (Phi) is 7.02. The first-order valence-corrected chi connectivity index (χ1v) is 7.42. The predicted molar refractivity (Wildman–Crippen MR) is 83.0 cm³/mol. The number of amides is 1. The molecule has 0 radical (unpaired) electrons. The third kappa shape index (κ3) is 12.3. The highest BCUT2D eigenvalue weighted by molar-refractivity contribution is 5.67. The molecule has 0 aliphatic carbocycles. The number of carbonyl (C=O) groups is 1. The molecule has 0 atom stereocenters. The first-order chi connectivity index (χ1) is 8.81. The summed E-state index contributed by atoms with van der Waals surface area (Å²) in [6.45, 7) is 17.6. The molecule has 0 aromatic rings. The van der Waals surface area contributed by atoms with E-state index in [0.29, 0.717) is 6.54 Å². The van der Waals surface area contributed by atoms with Crippen LogP contribution in [0.5, 0.6) is 0 Å². The van der Waals surface area contributed by atoms with E-state index in [0.717, 1.165) is 19.4 Å². The number of alkyl carbamates (subject to hydrolysis) is 1. The average molecular weight is 287 g/mol. The van der Waals surface area contributed by atoms with Gasteiger partial charge in [0, 0.05) is 13.2 Å². The highest BCUT2D eigenvalue weighted by Gasteiger charge is 2.21. The topological polar surface area (TPSA) is 47.6 Å². The molecule has 4 nitrogen and oxygen atoms in total. The average Bonchev–Trinajstić information content (AvgIpc) is 2.10. The minimum atomic E-state index is -0.456. The lowest BCUT2D eigenvalue weighted by molar-refractivity contribution is -0.0327. The predicted octanol–water partition coefficient (Wildman–Crippen LogP) is 4.13. The van der Waals surface area contributed by atoms with Gasteiger partial charge in [-0.05, 0) is 52.9 Å². The van der Waals surface area contributed by atoms with Gasteiger partial charge in [0.25, 0.3) is 0 Å². The highest BCUT2D eigenvalue weighted by Crippen LogP contribution is 2.21. The Bertz CT molecular complexity index is 298. The SMILES string of the molecule is CC(C)(C)CCOC(C)(C)CCNC(=O)OC(C)(C)C. The number of nitrogens with one attached hydrogen (secondary N) is 1. The van der Waals surface area contributed by atoms with E-state index in [1.165, 1.54) is 0 Å². The molecule has 0 aliphatic heterocycles. The van der Waals surface area contributed by atoms with Gasteiger partial charge in [-0.1, -0.05) is 20.8 Å². The number of rotatable bonds is 6. The minimum Gasteiger partial charge on any atom is -0.444 e. The van der Waals surface area contributed by atoms with Gasteiger partial charge in [-0.25, -0.2) is 4.79 Å². The Morgan fingerprint density at radius 3 is 1.95 bits per heavy atom. The summed E-state index contributed by atoms with van der Waals surface area (Å²) in [5, 5.41) is 2.76. The van der Waals surface area contributed by atoms with Crippen molar-refractivity contribution in [2.45, 2.75) is 79.4 Å². The molecule has 0 aliphatic rings. The molecule has 4 heteroatoms. The van der Waals surface area contributed by atoms with Gasteiger partial charge in [0.05, 0.1) is 5.60 Å². The first-order valence-electron chi connectivity index (χ1n) is 7.42. The molecule has 0 saturated heterocycles. The van der Waals surface area contributed by atoms with Crippen molar-refractivity contribution < 1.29 is 14.3 Å². The van der Waals surface area contributed by atoms with Crippen molar-refractivity contribution >= 4 is 6.09 Å². The third-order valence-electron chi connectivity index (χ3n) is 2.74. The maximum Gasteiger partial charge on any atom is 0.407 e. The van der Waals surface area contributed by atoms with E-state index in [9.17, 15) is 4.79 Å². The number of ether oxygens (including phenoxy) is 2. The van der Waals surface area contributed by atoms with Crippen LogP contribution >= 0.6 is 0 Å². The highest BCUT2D eigenvalue weighted by atomic mass is 16.6. The van der Waals surface area contributed by atoms with Crippen LogP contribution < -0.4 is 5.32 Å². The molecule has 0 bridgehead atoms. The first kappa shape index (κ1) is 19.2. The van der Waals surface area contributed by atoms with Crippen LogP contribution in [0.2, 0.25) is 0 Å². The largest absolute Gasteiger partial charge is 0.444 e. The van der Waals surface area contributed by atoms with Crippen molar-refractivity contribution in [3.05, 3.63) is 0 Å². The Balaban J connectivity index is 3.90. The molecule has 0 saturated carbocycles. The fourth-order valence-electron chi connectivity index (χ4n) is 1.49. The molecule has 1 amide bonds. The van der Waals surface area contributed by atoms with Gasteiger partial charge >= 0.3 is 6.09 Å². The van der Waals surface area contributed by atoms with Gasteiger partial charge in [0.1, 0.15) is 5.60 Å². The van der Waals surface area contributed by atoms with Crippen molar-refractivity contribution in [1.82, 2.24) is 5.32 Å². The van der Waals surface area contributed by atoms with E-state index in [-0.39, 0.29) is 17.1 Å². The molecule has 0 aromatic carbocycles. The van der Waals surface area contributed by atoms with E-state index in [4.69, 9.17) is 9.47 Å². The summed E-state index contributed by atoms with van der Waals surface area (Å²) in [6, 6.07) is 0. The Morgan fingerprint density at radius 1 is 0.950 bits per heavy atom. The summed E-state index contributed by atoms with van der Waals surface area (Å²) in [7, 11) is 0. The van der Waals surface area contributed by atoms with Gasteiger partial charge in [-0.3, -0.25) is 0 Å². The Labute approximate surface area is 124 Å². The van der Waals surface area contributed by atoms with Gasteiger partial charge in [0.2, 0.25) is 0 Å². The van der Waals surface area contributed by atoms with Gasteiger partial charge in [0.15, 0.2) is 0 Å². The molecule has 0 spiro atoms. The molecule has 120 valence electrons. The minimum absolute atomic E-state index is 0.236. The molecular formula is C16H33NO3. The number of carbonyl (C=O) groups excluding carboxylic acids is 1. The molecule has 1 N–H and O–H groups in total. The second-order valence-electron chi connectivity index (χ2n) is 8.10. The van der Waals surface area contributed by atoms with Crippen LogP contribution in [-0.2, 0) is 9.47 Å². The van der Waals surface area contributed by atoms with Crippen LogP contribution in [-0.4, -0.2) is 30.4 Å². The van der Waals surface area contributed by atoms with Crippen LogP contribution in [0.15, 0.2) is 0 Å². The van der Waals surface area contributed by atoms with E-state index >= 15 is 0 Å². The molecule has 20 heavy (non-hydrogen) atoms.